The maximum Gasteiger partial charge on any atom is 0.157 e. The highest BCUT2D eigenvalue weighted by atomic mass is 33.1. The minimum Gasteiger partial charge on any atom is -0.295 e. The Morgan fingerprint density at radius 3 is 1.40 bits per heavy atom. The molecule has 2 aliphatic carbocycles. The molecule has 0 radical (unpaired) electrons. The normalized spacial score (nSPS) is 25.2. The molecule has 0 aromatic carbocycles. The second-order valence-electron chi connectivity index (χ2n) is 7.36. The summed E-state index contributed by atoms with van der Waals surface area (Å²) in [6, 6.07) is 0. The first-order chi connectivity index (χ1) is 9.15. The van der Waals surface area contributed by atoms with E-state index in [2.05, 4.69) is 27.7 Å². The van der Waals surface area contributed by atoms with E-state index in [0.717, 1.165) is 22.7 Å². The SMILES string of the molecule is CC1(C)CC(=O)C=C(SSC2=CC(=O)CC(C)(C)C2)C1. The molecule has 0 unspecified atom stereocenters. The van der Waals surface area contributed by atoms with Crippen LogP contribution >= 0.6 is 21.6 Å². The van der Waals surface area contributed by atoms with E-state index < -0.39 is 0 Å². The Hall–Kier alpha value is -0.480. The lowest BCUT2D eigenvalue weighted by molar-refractivity contribution is -0.117. The van der Waals surface area contributed by atoms with Gasteiger partial charge in [-0.15, -0.1) is 0 Å². The summed E-state index contributed by atoms with van der Waals surface area (Å²) in [6.07, 6.45) is 6.71. The van der Waals surface area contributed by atoms with E-state index in [1.807, 2.05) is 0 Å². The Morgan fingerprint density at radius 1 is 0.750 bits per heavy atom. The van der Waals surface area contributed by atoms with Crippen molar-refractivity contribution in [3.05, 3.63) is 22.0 Å². The van der Waals surface area contributed by atoms with Gasteiger partial charge in [-0.2, -0.15) is 0 Å². The van der Waals surface area contributed by atoms with Crippen molar-refractivity contribution in [2.75, 3.05) is 0 Å². The monoisotopic (exact) mass is 310 g/mol. The van der Waals surface area contributed by atoms with Crippen molar-refractivity contribution >= 4 is 33.2 Å². The molecule has 4 heteroatoms. The van der Waals surface area contributed by atoms with Gasteiger partial charge in [0.2, 0.25) is 0 Å². The van der Waals surface area contributed by atoms with E-state index in [9.17, 15) is 9.59 Å². The zero-order chi connectivity index (χ0) is 15.0. The Balaban J connectivity index is 1.99. The van der Waals surface area contributed by atoms with Gasteiger partial charge in [0.1, 0.15) is 0 Å². The van der Waals surface area contributed by atoms with Crippen LogP contribution in [0.2, 0.25) is 0 Å². The zero-order valence-corrected chi connectivity index (χ0v) is 14.2. The molecule has 0 atom stereocenters. The molecule has 0 fully saturated rings. The van der Waals surface area contributed by atoms with Crippen LogP contribution in [-0.4, -0.2) is 11.6 Å². The number of hydrogen-bond acceptors (Lipinski definition) is 4. The first-order valence-corrected chi connectivity index (χ1v) is 9.12. The quantitative estimate of drug-likeness (QED) is 0.693. The third kappa shape index (κ3) is 4.52. The molecule has 0 aliphatic heterocycles. The first kappa shape index (κ1) is 15.9. The van der Waals surface area contributed by atoms with Gasteiger partial charge in [-0.1, -0.05) is 49.3 Å². The van der Waals surface area contributed by atoms with E-state index in [1.165, 1.54) is 0 Å². The van der Waals surface area contributed by atoms with E-state index in [-0.39, 0.29) is 22.4 Å². The average Bonchev–Trinajstić information content (AvgIpc) is 2.20. The molecule has 0 amide bonds. The number of carbonyl (C=O) groups is 2. The third-order valence-electron chi connectivity index (χ3n) is 3.51. The summed E-state index contributed by atoms with van der Waals surface area (Å²) in [5, 5.41) is 0. The maximum absolute atomic E-state index is 11.7. The summed E-state index contributed by atoms with van der Waals surface area (Å²) < 4.78 is 0. The molecule has 0 saturated heterocycles. The van der Waals surface area contributed by atoms with Crippen LogP contribution in [0.1, 0.15) is 53.4 Å². The molecule has 2 rings (SSSR count). The summed E-state index contributed by atoms with van der Waals surface area (Å²) >= 11 is 0. The molecule has 2 nitrogen and oxygen atoms in total. The maximum atomic E-state index is 11.7. The lowest BCUT2D eigenvalue weighted by atomic mass is 9.80. The van der Waals surface area contributed by atoms with Gasteiger partial charge in [0.25, 0.3) is 0 Å². The van der Waals surface area contributed by atoms with Crippen LogP contribution < -0.4 is 0 Å². The van der Waals surface area contributed by atoms with Gasteiger partial charge < -0.3 is 0 Å². The highest BCUT2D eigenvalue weighted by Crippen LogP contribution is 2.48. The van der Waals surface area contributed by atoms with Gasteiger partial charge >= 0.3 is 0 Å². The smallest absolute Gasteiger partial charge is 0.157 e. The van der Waals surface area contributed by atoms with Gasteiger partial charge in [0.15, 0.2) is 11.6 Å². The molecule has 110 valence electrons. The van der Waals surface area contributed by atoms with E-state index in [4.69, 9.17) is 0 Å². The molecular formula is C16H22O2S2. The van der Waals surface area contributed by atoms with Crippen molar-refractivity contribution in [1.29, 1.82) is 0 Å². The third-order valence-corrected chi connectivity index (χ3v) is 6.08. The van der Waals surface area contributed by atoms with Crippen LogP contribution in [0.15, 0.2) is 22.0 Å². The zero-order valence-electron chi connectivity index (χ0n) is 12.6. The van der Waals surface area contributed by atoms with E-state index in [0.29, 0.717) is 12.8 Å². The fourth-order valence-corrected chi connectivity index (χ4v) is 5.55. The summed E-state index contributed by atoms with van der Waals surface area (Å²) in [5.74, 6) is 0.441. The summed E-state index contributed by atoms with van der Waals surface area (Å²) in [7, 11) is 3.30. The molecule has 2 aliphatic rings. The van der Waals surface area contributed by atoms with Gasteiger partial charge in [-0.3, -0.25) is 9.59 Å². The first-order valence-electron chi connectivity index (χ1n) is 6.97. The van der Waals surface area contributed by atoms with E-state index in [1.54, 1.807) is 33.7 Å². The number of allylic oxidation sites excluding steroid dienone is 4. The second-order valence-corrected chi connectivity index (χ2v) is 9.74. The van der Waals surface area contributed by atoms with Gasteiger partial charge in [0.05, 0.1) is 0 Å². The molecule has 20 heavy (non-hydrogen) atoms. The van der Waals surface area contributed by atoms with Crippen LogP contribution in [0.3, 0.4) is 0 Å². The van der Waals surface area contributed by atoms with Crippen LogP contribution in [0.5, 0.6) is 0 Å². The van der Waals surface area contributed by atoms with Crippen molar-refractivity contribution in [1.82, 2.24) is 0 Å². The Morgan fingerprint density at radius 2 is 1.10 bits per heavy atom. The Kier molecular flexibility index (Phi) is 4.55. The van der Waals surface area contributed by atoms with Gasteiger partial charge in [-0.05, 0) is 35.8 Å². The molecule has 0 aromatic heterocycles. The number of rotatable bonds is 3. The average molecular weight is 310 g/mol. The van der Waals surface area contributed by atoms with Gasteiger partial charge in [0, 0.05) is 22.7 Å². The van der Waals surface area contributed by atoms with Crippen molar-refractivity contribution in [2.45, 2.75) is 53.4 Å². The Bertz CT molecular complexity index is 453. The second kappa shape index (κ2) is 5.72. The van der Waals surface area contributed by atoms with Crippen molar-refractivity contribution in [3.8, 4) is 0 Å². The Labute approximate surface area is 129 Å². The molecule has 0 saturated carbocycles. The molecular weight excluding hydrogens is 288 g/mol. The minimum atomic E-state index is 0.0603. The molecule has 0 spiro atoms. The largest absolute Gasteiger partial charge is 0.295 e. The summed E-state index contributed by atoms with van der Waals surface area (Å²) in [4.78, 5) is 25.7. The predicted molar refractivity (Wildman–Crippen MR) is 87.4 cm³/mol. The molecule has 0 bridgehead atoms. The van der Waals surface area contributed by atoms with Crippen molar-refractivity contribution in [3.63, 3.8) is 0 Å². The summed E-state index contributed by atoms with van der Waals surface area (Å²) in [5.41, 5.74) is 0.121. The van der Waals surface area contributed by atoms with Crippen molar-refractivity contribution < 1.29 is 9.59 Å². The summed E-state index contributed by atoms with van der Waals surface area (Å²) in [6.45, 7) is 8.54. The predicted octanol–water partition coefficient (Wildman–Crippen LogP) is 4.91. The molecule has 0 N–H and O–H groups in total. The molecule has 0 heterocycles. The fourth-order valence-electron chi connectivity index (χ4n) is 2.79. The lowest BCUT2D eigenvalue weighted by Crippen LogP contribution is -2.21. The van der Waals surface area contributed by atoms with Crippen molar-refractivity contribution in [2.24, 2.45) is 10.8 Å². The van der Waals surface area contributed by atoms with Crippen LogP contribution in [0, 0.1) is 10.8 Å². The number of hydrogen-bond donors (Lipinski definition) is 0. The highest BCUT2D eigenvalue weighted by Gasteiger charge is 2.30. The number of carbonyl (C=O) groups excluding carboxylic acids is 2. The lowest BCUT2D eigenvalue weighted by Gasteiger charge is -2.30. The number of ketones is 2. The van der Waals surface area contributed by atoms with Crippen LogP contribution in [-0.2, 0) is 9.59 Å². The highest BCUT2D eigenvalue weighted by molar-refractivity contribution is 8.79. The van der Waals surface area contributed by atoms with Crippen LogP contribution in [0.25, 0.3) is 0 Å². The standard InChI is InChI=1S/C16H22O2S2/c1-15(2)7-11(17)5-13(9-15)19-20-14-6-12(18)8-16(3,4)10-14/h5-6H,7-10H2,1-4H3. The van der Waals surface area contributed by atoms with Gasteiger partial charge in [-0.25, -0.2) is 0 Å². The van der Waals surface area contributed by atoms with Crippen LogP contribution in [0.4, 0.5) is 0 Å². The minimum absolute atomic E-state index is 0.0603. The molecule has 0 aromatic rings. The van der Waals surface area contributed by atoms with E-state index >= 15 is 0 Å². The topological polar surface area (TPSA) is 34.1 Å². The fraction of sp³-hybridized carbons (Fsp3) is 0.625.